The van der Waals surface area contributed by atoms with Crippen LogP contribution in [0.3, 0.4) is 0 Å². The molecule has 1 nitrogen and oxygen atoms in total. The fraction of sp³-hybridized carbons (Fsp3) is 0.167. The molecule has 132 valence electrons. The highest BCUT2D eigenvalue weighted by molar-refractivity contribution is 5.85. The molecule has 0 fully saturated rings. The summed E-state index contributed by atoms with van der Waals surface area (Å²) in [6, 6.07) is 30.6. The van der Waals surface area contributed by atoms with Gasteiger partial charge < -0.3 is 5.32 Å². The SMILES string of the molecule is C(CN[C@@H]1CCc2ccccc21)=C(c1ccccc1)c1ccccc1.Cl. The fourth-order valence-corrected chi connectivity index (χ4v) is 3.71. The maximum Gasteiger partial charge on any atom is 0.0328 e. The van der Waals surface area contributed by atoms with Crippen LogP contribution in [-0.4, -0.2) is 6.54 Å². The van der Waals surface area contributed by atoms with Gasteiger partial charge in [0.15, 0.2) is 0 Å². The Bertz CT molecular complexity index is 814. The molecule has 2 heteroatoms. The van der Waals surface area contributed by atoms with Gasteiger partial charge in [0, 0.05) is 12.6 Å². The summed E-state index contributed by atoms with van der Waals surface area (Å²) in [5.41, 5.74) is 6.79. The molecule has 0 radical (unpaired) electrons. The van der Waals surface area contributed by atoms with Crippen LogP contribution in [0.4, 0.5) is 0 Å². The molecule has 0 bridgehead atoms. The second-order valence-electron chi connectivity index (χ2n) is 6.55. The van der Waals surface area contributed by atoms with E-state index >= 15 is 0 Å². The van der Waals surface area contributed by atoms with E-state index in [1.807, 2.05) is 0 Å². The maximum absolute atomic E-state index is 3.73. The van der Waals surface area contributed by atoms with Crippen molar-refractivity contribution in [2.45, 2.75) is 18.9 Å². The molecule has 1 aliphatic carbocycles. The Balaban J connectivity index is 0.00000196. The average Bonchev–Trinajstić information content (AvgIpc) is 3.10. The van der Waals surface area contributed by atoms with E-state index in [1.165, 1.54) is 40.7 Å². The number of nitrogens with one attached hydrogen (secondary N) is 1. The summed E-state index contributed by atoms with van der Waals surface area (Å²) in [5, 5.41) is 3.73. The van der Waals surface area contributed by atoms with Crippen LogP contribution in [0.25, 0.3) is 5.57 Å². The van der Waals surface area contributed by atoms with Gasteiger partial charge in [-0.05, 0) is 40.7 Å². The number of rotatable bonds is 5. The molecular weight excluding hydrogens is 338 g/mol. The van der Waals surface area contributed by atoms with E-state index in [4.69, 9.17) is 0 Å². The van der Waals surface area contributed by atoms with Gasteiger partial charge in [-0.3, -0.25) is 0 Å². The second-order valence-corrected chi connectivity index (χ2v) is 6.55. The number of benzene rings is 3. The Hall–Kier alpha value is -2.35. The largest absolute Gasteiger partial charge is 0.306 e. The van der Waals surface area contributed by atoms with Crippen molar-refractivity contribution in [3.05, 3.63) is 113 Å². The topological polar surface area (TPSA) is 12.0 Å². The summed E-state index contributed by atoms with van der Waals surface area (Å²) in [5.74, 6) is 0. The number of hydrogen-bond acceptors (Lipinski definition) is 1. The van der Waals surface area contributed by atoms with Crippen molar-refractivity contribution in [3.63, 3.8) is 0 Å². The van der Waals surface area contributed by atoms with Gasteiger partial charge in [0.25, 0.3) is 0 Å². The van der Waals surface area contributed by atoms with Gasteiger partial charge in [-0.25, -0.2) is 0 Å². The van der Waals surface area contributed by atoms with Crippen molar-refractivity contribution in [1.29, 1.82) is 0 Å². The van der Waals surface area contributed by atoms with Crippen molar-refractivity contribution >= 4 is 18.0 Å². The van der Waals surface area contributed by atoms with Crippen molar-refractivity contribution in [2.24, 2.45) is 0 Å². The van der Waals surface area contributed by atoms with Crippen LogP contribution in [0, 0.1) is 0 Å². The van der Waals surface area contributed by atoms with Crippen molar-refractivity contribution < 1.29 is 0 Å². The van der Waals surface area contributed by atoms with Gasteiger partial charge in [0.2, 0.25) is 0 Å². The Morgan fingerprint density at radius 1 is 0.808 bits per heavy atom. The molecule has 1 aliphatic rings. The molecule has 3 aromatic carbocycles. The molecule has 4 rings (SSSR count). The second kappa shape index (κ2) is 8.84. The molecule has 0 saturated carbocycles. The van der Waals surface area contributed by atoms with Gasteiger partial charge in [-0.15, -0.1) is 12.4 Å². The van der Waals surface area contributed by atoms with Gasteiger partial charge in [-0.1, -0.05) is 91.0 Å². The minimum Gasteiger partial charge on any atom is -0.306 e. The van der Waals surface area contributed by atoms with Gasteiger partial charge >= 0.3 is 0 Å². The van der Waals surface area contributed by atoms with E-state index in [0.717, 1.165) is 6.54 Å². The molecule has 0 saturated heterocycles. The van der Waals surface area contributed by atoms with Gasteiger partial charge in [-0.2, -0.15) is 0 Å². The van der Waals surface area contributed by atoms with Crippen LogP contribution in [0.5, 0.6) is 0 Å². The lowest BCUT2D eigenvalue weighted by molar-refractivity contribution is 0.564. The summed E-state index contributed by atoms with van der Waals surface area (Å²) >= 11 is 0. The first kappa shape index (κ1) is 18.4. The molecule has 0 aromatic heterocycles. The monoisotopic (exact) mass is 361 g/mol. The first-order valence-electron chi connectivity index (χ1n) is 9.04. The minimum absolute atomic E-state index is 0. The van der Waals surface area contributed by atoms with Gasteiger partial charge in [0.05, 0.1) is 0 Å². The summed E-state index contributed by atoms with van der Waals surface area (Å²) < 4.78 is 0. The molecular formula is C24H24ClN. The summed E-state index contributed by atoms with van der Waals surface area (Å²) in [7, 11) is 0. The molecule has 26 heavy (non-hydrogen) atoms. The Kier molecular flexibility index (Phi) is 6.27. The number of fused-ring (bicyclic) bond motifs is 1. The molecule has 1 atom stereocenters. The third-order valence-electron chi connectivity index (χ3n) is 4.97. The maximum atomic E-state index is 3.73. The van der Waals surface area contributed by atoms with E-state index in [0.29, 0.717) is 6.04 Å². The normalized spacial score (nSPS) is 15.0. The minimum atomic E-state index is 0. The summed E-state index contributed by atoms with van der Waals surface area (Å²) in [4.78, 5) is 0. The third-order valence-corrected chi connectivity index (χ3v) is 4.97. The Morgan fingerprint density at radius 3 is 2.04 bits per heavy atom. The van der Waals surface area contributed by atoms with Crippen LogP contribution in [0.1, 0.15) is 34.7 Å². The first-order valence-corrected chi connectivity index (χ1v) is 9.04. The van der Waals surface area contributed by atoms with Crippen molar-refractivity contribution in [3.8, 4) is 0 Å². The number of halogens is 1. The zero-order valence-electron chi connectivity index (χ0n) is 14.8. The van der Waals surface area contributed by atoms with E-state index in [2.05, 4.69) is 96.3 Å². The van der Waals surface area contributed by atoms with E-state index < -0.39 is 0 Å². The lowest BCUT2D eigenvalue weighted by Crippen LogP contribution is -2.19. The Morgan fingerprint density at radius 2 is 1.38 bits per heavy atom. The smallest absolute Gasteiger partial charge is 0.0328 e. The van der Waals surface area contributed by atoms with Crippen LogP contribution >= 0.6 is 12.4 Å². The van der Waals surface area contributed by atoms with Crippen molar-refractivity contribution in [2.75, 3.05) is 6.54 Å². The van der Waals surface area contributed by atoms with E-state index in [9.17, 15) is 0 Å². The average molecular weight is 362 g/mol. The molecule has 1 N–H and O–H groups in total. The molecule has 0 unspecified atom stereocenters. The molecule has 0 aliphatic heterocycles. The predicted octanol–water partition coefficient (Wildman–Crippen LogP) is 5.82. The van der Waals surface area contributed by atoms with Gasteiger partial charge in [0.1, 0.15) is 0 Å². The first-order chi connectivity index (χ1) is 12.4. The molecule has 0 amide bonds. The fourth-order valence-electron chi connectivity index (χ4n) is 3.71. The standard InChI is InChI=1S/C24H23N.ClH/c1-3-9-19(10-4-1)22(20-11-5-2-6-12-20)17-18-25-24-16-15-21-13-7-8-14-23(21)24;/h1-14,17,24-25H,15-16,18H2;1H/t24-;/m1./s1. The third kappa shape index (κ3) is 4.07. The quantitative estimate of drug-likeness (QED) is 0.604. The van der Waals surface area contributed by atoms with Crippen LogP contribution < -0.4 is 5.32 Å². The lowest BCUT2D eigenvalue weighted by Gasteiger charge is -2.14. The zero-order chi connectivity index (χ0) is 16.9. The van der Waals surface area contributed by atoms with Crippen LogP contribution in [0.15, 0.2) is 91.0 Å². The summed E-state index contributed by atoms with van der Waals surface area (Å²) in [6.45, 7) is 0.873. The van der Waals surface area contributed by atoms with E-state index in [-0.39, 0.29) is 12.4 Å². The summed E-state index contributed by atoms with van der Waals surface area (Å²) in [6.07, 6.45) is 4.70. The lowest BCUT2D eigenvalue weighted by atomic mass is 9.97. The van der Waals surface area contributed by atoms with E-state index in [1.54, 1.807) is 0 Å². The number of aryl methyl sites for hydroxylation is 1. The highest BCUT2D eigenvalue weighted by Crippen LogP contribution is 2.30. The number of hydrogen-bond donors (Lipinski definition) is 1. The van der Waals surface area contributed by atoms with Crippen molar-refractivity contribution in [1.82, 2.24) is 5.32 Å². The highest BCUT2D eigenvalue weighted by atomic mass is 35.5. The molecule has 0 spiro atoms. The highest BCUT2D eigenvalue weighted by Gasteiger charge is 2.20. The van der Waals surface area contributed by atoms with Crippen LogP contribution in [-0.2, 0) is 6.42 Å². The Labute approximate surface area is 162 Å². The molecule has 0 heterocycles. The zero-order valence-corrected chi connectivity index (χ0v) is 15.6. The molecule has 3 aromatic rings. The van der Waals surface area contributed by atoms with Crippen LogP contribution in [0.2, 0.25) is 0 Å². The predicted molar refractivity (Wildman–Crippen MR) is 113 cm³/mol.